The highest BCUT2D eigenvalue weighted by Gasteiger charge is 2.24. The molecular weight excluding hydrogens is 336 g/mol. The topological polar surface area (TPSA) is 81.9 Å². The maximum absolute atomic E-state index is 12.7. The number of rotatable bonds is 5. The van der Waals surface area contributed by atoms with E-state index in [4.69, 9.17) is 9.47 Å². The lowest BCUT2D eigenvalue weighted by atomic mass is 10.0. The van der Waals surface area contributed by atoms with Crippen LogP contribution in [0.4, 0.5) is 11.4 Å². The molecule has 0 N–H and O–H groups in total. The Morgan fingerprint density at radius 2 is 2.08 bits per heavy atom. The fraction of sp³-hybridized carbons (Fsp3) is 0.316. The summed E-state index contributed by atoms with van der Waals surface area (Å²) in [5.41, 5.74) is 2.57. The van der Waals surface area contributed by atoms with E-state index in [0.717, 1.165) is 35.4 Å². The molecule has 1 heterocycles. The van der Waals surface area contributed by atoms with Crippen LogP contribution in [0.25, 0.3) is 0 Å². The summed E-state index contributed by atoms with van der Waals surface area (Å²) >= 11 is 0. The number of fused-ring (bicyclic) bond motifs is 1. The van der Waals surface area contributed by atoms with Crippen LogP contribution in [0.1, 0.15) is 17.5 Å². The van der Waals surface area contributed by atoms with Crippen LogP contribution < -0.4 is 14.4 Å². The van der Waals surface area contributed by atoms with E-state index in [2.05, 4.69) is 0 Å². The van der Waals surface area contributed by atoms with E-state index >= 15 is 0 Å². The number of anilines is 1. The zero-order valence-electron chi connectivity index (χ0n) is 14.7. The molecule has 136 valence electrons. The molecule has 0 saturated carbocycles. The van der Waals surface area contributed by atoms with Crippen molar-refractivity contribution in [2.45, 2.75) is 19.8 Å². The second-order valence-electron chi connectivity index (χ2n) is 6.16. The van der Waals surface area contributed by atoms with Gasteiger partial charge in [-0.2, -0.15) is 0 Å². The number of hydrogen-bond donors (Lipinski definition) is 0. The molecule has 0 aromatic heterocycles. The standard InChI is InChI=1S/C19H20N2O5/c1-13-5-7-17(21(23)24)18(10-13)26-12-19(22)20-9-3-4-14-11-15(25-2)6-8-16(14)20/h5-8,10-11H,3-4,9,12H2,1-2H3. The molecule has 2 aromatic carbocycles. The first-order chi connectivity index (χ1) is 12.5. The summed E-state index contributed by atoms with van der Waals surface area (Å²) in [6, 6.07) is 10.2. The number of carbonyl (C=O) groups is 1. The first kappa shape index (κ1) is 17.7. The highest BCUT2D eigenvalue weighted by molar-refractivity contribution is 5.95. The van der Waals surface area contributed by atoms with Crippen molar-refractivity contribution in [1.82, 2.24) is 0 Å². The molecule has 1 amide bonds. The third-order valence-electron chi connectivity index (χ3n) is 4.37. The van der Waals surface area contributed by atoms with Gasteiger partial charge in [0.2, 0.25) is 0 Å². The second-order valence-corrected chi connectivity index (χ2v) is 6.16. The largest absolute Gasteiger partial charge is 0.497 e. The molecule has 2 aromatic rings. The molecule has 0 bridgehead atoms. The number of nitro groups is 1. The Hall–Kier alpha value is -3.09. The number of benzene rings is 2. The predicted molar refractivity (Wildman–Crippen MR) is 97.0 cm³/mol. The minimum Gasteiger partial charge on any atom is -0.497 e. The van der Waals surface area contributed by atoms with Crippen LogP contribution >= 0.6 is 0 Å². The molecule has 0 atom stereocenters. The van der Waals surface area contributed by atoms with Crippen molar-refractivity contribution in [1.29, 1.82) is 0 Å². The Morgan fingerprint density at radius 3 is 2.81 bits per heavy atom. The van der Waals surface area contributed by atoms with Crippen LogP contribution in [0.3, 0.4) is 0 Å². The lowest BCUT2D eigenvalue weighted by molar-refractivity contribution is -0.385. The molecule has 0 spiro atoms. The van der Waals surface area contributed by atoms with Crippen molar-refractivity contribution in [3.63, 3.8) is 0 Å². The second kappa shape index (κ2) is 7.43. The molecule has 3 rings (SSSR count). The SMILES string of the molecule is COc1ccc2c(c1)CCCN2C(=O)COc1cc(C)ccc1[N+](=O)[O-]. The van der Waals surface area contributed by atoms with Crippen molar-refractivity contribution in [2.75, 3.05) is 25.2 Å². The van der Waals surface area contributed by atoms with E-state index in [0.29, 0.717) is 6.54 Å². The van der Waals surface area contributed by atoms with Crippen LogP contribution in [-0.4, -0.2) is 31.1 Å². The Balaban J connectivity index is 1.76. The molecule has 0 aliphatic carbocycles. The minimum atomic E-state index is -0.512. The van der Waals surface area contributed by atoms with E-state index < -0.39 is 4.92 Å². The highest BCUT2D eigenvalue weighted by Crippen LogP contribution is 2.31. The van der Waals surface area contributed by atoms with Gasteiger partial charge in [0, 0.05) is 18.3 Å². The predicted octanol–water partition coefficient (Wildman–Crippen LogP) is 3.27. The van der Waals surface area contributed by atoms with Crippen molar-refractivity contribution >= 4 is 17.3 Å². The number of carbonyl (C=O) groups excluding carboxylic acids is 1. The zero-order valence-corrected chi connectivity index (χ0v) is 14.7. The van der Waals surface area contributed by atoms with Gasteiger partial charge in [-0.15, -0.1) is 0 Å². The van der Waals surface area contributed by atoms with Gasteiger partial charge in [-0.1, -0.05) is 6.07 Å². The Labute approximate surface area is 151 Å². The number of amides is 1. The molecule has 0 fully saturated rings. The lowest BCUT2D eigenvalue weighted by Gasteiger charge is -2.29. The monoisotopic (exact) mass is 356 g/mol. The lowest BCUT2D eigenvalue weighted by Crippen LogP contribution is -2.38. The molecule has 0 radical (unpaired) electrons. The smallest absolute Gasteiger partial charge is 0.310 e. The maximum atomic E-state index is 12.7. The molecular formula is C19H20N2O5. The van der Waals surface area contributed by atoms with Gasteiger partial charge in [0.25, 0.3) is 5.91 Å². The summed E-state index contributed by atoms with van der Waals surface area (Å²) in [7, 11) is 1.61. The maximum Gasteiger partial charge on any atom is 0.310 e. The summed E-state index contributed by atoms with van der Waals surface area (Å²) in [5.74, 6) is 0.631. The number of methoxy groups -OCH3 is 1. The Morgan fingerprint density at radius 1 is 1.27 bits per heavy atom. The average molecular weight is 356 g/mol. The first-order valence-electron chi connectivity index (χ1n) is 8.34. The summed E-state index contributed by atoms with van der Waals surface area (Å²) in [6.45, 7) is 2.15. The molecule has 1 aliphatic heterocycles. The van der Waals surface area contributed by atoms with E-state index in [1.165, 1.54) is 6.07 Å². The normalized spacial score (nSPS) is 13.1. The van der Waals surface area contributed by atoms with Crippen LogP contribution in [0.5, 0.6) is 11.5 Å². The van der Waals surface area contributed by atoms with Gasteiger partial charge in [0.1, 0.15) is 5.75 Å². The van der Waals surface area contributed by atoms with E-state index in [1.54, 1.807) is 24.1 Å². The van der Waals surface area contributed by atoms with Crippen LogP contribution in [0, 0.1) is 17.0 Å². The number of ether oxygens (including phenoxy) is 2. The van der Waals surface area contributed by atoms with Crippen LogP contribution in [0.15, 0.2) is 36.4 Å². The van der Waals surface area contributed by atoms with Crippen molar-refractivity contribution in [3.8, 4) is 11.5 Å². The summed E-state index contributed by atoms with van der Waals surface area (Å²) in [5, 5.41) is 11.1. The summed E-state index contributed by atoms with van der Waals surface area (Å²) < 4.78 is 10.7. The number of nitro benzene ring substituents is 1. The third kappa shape index (κ3) is 3.61. The van der Waals surface area contributed by atoms with E-state index in [9.17, 15) is 14.9 Å². The fourth-order valence-electron chi connectivity index (χ4n) is 3.06. The first-order valence-corrected chi connectivity index (χ1v) is 8.34. The molecule has 7 heteroatoms. The molecule has 0 saturated heterocycles. The zero-order chi connectivity index (χ0) is 18.7. The quantitative estimate of drug-likeness (QED) is 0.607. The van der Waals surface area contributed by atoms with Gasteiger partial charge >= 0.3 is 5.69 Å². The van der Waals surface area contributed by atoms with Crippen molar-refractivity contribution in [2.24, 2.45) is 0 Å². The third-order valence-corrected chi connectivity index (χ3v) is 4.37. The van der Waals surface area contributed by atoms with Gasteiger partial charge < -0.3 is 14.4 Å². The fourth-order valence-corrected chi connectivity index (χ4v) is 3.06. The Kier molecular flexibility index (Phi) is 5.06. The number of aryl methyl sites for hydroxylation is 2. The van der Waals surface area contributed by atoms with Crippen LogP contribution in [0.2, 0.25) is 0 Å². The molecule has 7 nitrogen and oxygen atoms in total. The average Bonchev–Trinajstić information content (AvgIpc) is 2.64. The van der Waals surface area contributed by atoms with E-state index in [1.807, 2.05) is 25.1 Å². The van der Waals surface area contributed by atoms with Gasteiger partial charge in [0.05, 0.1) is 12.0 Å². The molecule has 26 heavy (non-hydrogen) atoms. The van der Waals surface area contributed by atoms with Gasteiger partial charge in [-0.3, -0.25) is 14.9 Å². The summed E-state index contributed by atoms with van der Waals surface area (Å²) in [4.78, 5) is 24.9. The van der Waals surface area contributed by atoms with Crippen molar-refractivity contribution < 1.29 is 19.2 Å². The number of nitrogens with zero attached hydrogens (tertiary/aromatic N) is 2. The van der Waals surface area contributed by atoms with Crippen molar-refractivity contribution in [3.05, 3.63) is 57.6 Å². The van der Waals surface area contributed by atoms with Gasteiger partial charge in [-0.05, 0) is 55.2 Å². The van der Waals surface area contributed by atoms with E-state index in [-0.39, 0.29) is 24.0 Å². The van der Waals surface area contributed by atoms with Gasteiger partial charge in [-0.25, -0.2) is 0 Å². The minimum absolute atomic E-state index is 0.107. The van der Waals surface area contributed by atoms with Crippen LogP contribution in [-0.2, 0) is 11.2 Å². The Bertz CT molecular complexity index is 850. The molecule has 1 aliphatic rings. The summed E-state index contributed by atoms with van der Waals surface area (Å²) in [6.07, 6.45) is 1.72. The molecule has 0 unspecified atom stereocenters. The van der Waals surface area contributed by atoms with Gasteiger partial charge in [0.15, 0.2) is 12.4 Å². The highest BCUT2D eigenvalue weighted by atomic mass is 16.6. The number of hydrogen-bond acceptors (Lipinski definition) is 5.